The van der Waals surface area contributed by atoms with E-state index in [1.165, 1.54) is 6.07 Å². The van der Waals surface area contributed by atoms with E-state index in [2.05, 4.69) is 4.98 Å². The van der Waals surface area contributed by atoms with E-state index in [1.54, 1.807) is 6.07 Å². The molecule has 0 saturated carbocycles. The predicted molar refractivity (Wildman–Crippen MR) is 81.5 cm³/mol. The Labute approximate surface area is 144 Å². The van der Waals surface area contributed by atoms with Crippen molar-refractivity contribution >= 4 is 52.1 Å². The van der Waals surface area contributed by atoms with Crippen LogP contribution in [0.3, 0.4) is 0 Å². The Morgan fingerprint density at radius 1 is 1.27 bits per heavy atom. The summed E-state index contributed by atoms with van der Waals surface area (Å²) in [4.78, 5) is 2.73. The molecule has 22 heavy (non-hydrogen) atoms. The molecule has 0 aliphatic carbocycles. The zero-order valence-corrected chi connectivity index (χ0v) is 13.6. The van der Waals surface area contributed by atoms with Crippen molar-refractivity contribution in [2.75, 3.05) is 6.79 Å². The van der Waals surface area contributed by atoms with Crippen LogP contribution < -0.4 is 9.96 Å². The predicted octanol–water partition coefficient (Wildman–Crippen LogP) is 3.49. The monoisotopic (exact) mass is 384 g/mol. The van der Waals surface area contributed by atoms with E-state index >= 15 is 0 Å². The van der Waals surface area contributed by atoms with E-state index in [0.717, 1.165) is 0 Å². The van der Waals surface area contributed by atoms with Gasteiger partial charge < -0.3 is 19.7 Å². The number of benzene rings is 1. The van der Waals surface area contributed by atoms with Crippen LogP contribution in [0.4, 0.5) is 5.69 Å². The molecule has 1 unspecified atom stereocenters. The number of nitrogens with one attached hydrogen (secondary N) is 2. The fourth-order valence-electron chi connectivity index (χ4n) is 2.29. The highest BCUT2D eigenvalue weighted by Gasteiger charge is 2.34. The number of hydrogen-bond donors (Lipinski definition) is 3. The van der Waals surface area contributed by atoms with Crippen LogP contribution in [0.1, 0.15) is 17.4 Å². The van der Waals surface area contributed by atoms with Gasteiger partial charge in [-0.25, -0.2) is 5.21 Å². The lowest BCUT2D eigenvalue weighted by Gasteiger charge is -2.27. The Kier molecular flexibility index (Phi) is 4.46. The quantitative estimate of drug-likeness (QED) is 0.691. The Hall–Kier alpha value is -0.700. The molecule has 0 radical (unpaired) electrons. The maximum Gasteiger partial charge on any atom is 0.208 e. The Morgan fingerprint density at radius 2 is 2.00 bits per heavy atom. The molecule has 1 aromatic carbocycles. The molecule has 0 fully saturated rings. The minimum atomic E-state index is -1.23. The minimum absolute atomic E-state index is 0.0128. The summed E-state index contributed by atoms with van der Waals surface area (Å²) in [6.07, 6.45) is -0.795. The molecule has 6 nitrogen and oxygen atoms in total. The van der Waals surface area contributed by atoms with Gasteiger partial charge in [-0.15, -0.1) is 0 Å². The molecule has 10 heteroatoms. The fourth-order valence-corrected chi connectivity index (χ4v) is 3.28. The number of halogens is 4. The summed E-state index contributed by atoms with van der Waals surface area (Å²) in [5, 5.41) is 20.1. The first-order valence-corrected chi connectivity index (χ1v) is 7.44. The second kappa shape index (κ2) is 6.07. The SMILES string of the molecule is [O-][NH+](O)c1c([C@H]2OCOc3c(Cl)cc(Cl)cc32)[nH]c(Cl)c1Cl. The minimum Gasteiger partial charge on any atom is -0.595 e. The Morgan fingerprint density at radius 3 is 2.68 bits per heavy atom. The molecule has 2 heterocycles. The van der Waals surface area contributed by atoms with Gasteiger partial charge >= 0.3 is 0 Å². The summed E-state index contributed by atoms with van der Waals surface area (Å²) in [7, 11) is 0. The molecule has 1 aliphatic heterocycles. The zero-order chi connectivity index (χ0) is 16.0. The molecule has 0 amide bonds. The number of ether oxygens (including phenoxy) is 2. The third kappa shape index (κ3) is 2.66. The second-order valence-electron chi connectivity index (χ2n) is 4.46. The first-order chi connectivity index (χ1) is 10.4. The van der Waals surface area contributed by atoms with Crippen molar-refractivity contribution in [1.29, 1.82) is 0 Å². The van der Waals surface area contributed by atoms with Crippen LogP contribution >= 0.6 is 46.4 Å². The van der Waals surface area contributed by atoms with Gasteiger partial charge in [-0.3, -0.25) is 0 Å². The van der Waals surface area contributed by atoms with Gasteiger partial charge in [0.2, 0.25) is 5.69 Å². The third-order valence-electron chi connectivity index (χ3n) is 3.16. The molecule has 2 aromatic rings. The average Bonchev–Trinajstić information content (AvgIpc) is 2.74. The molecule has 0 saturated heterocycles. The maximum absolute atomic E-state index is 11.4. The molecular weight excluding hydrogens is 378 g/mol. The number of aromatic nitrogens is 1. The van der Waals surface area contributed by atoms with Crippen LogP contribution in [-0.2, 0) is 4.74 Å². The van der Waals surface area contributed by atoms with Crippen LogP contribution in [0.15, 0.2) is 12.1 Å². The van der Waals surface area contributed by atoms with Gasteiger partial charge in [0.15, 0.2) is 6.79 Å². The summed E-state index contributed by atoms with van der Waals surface area (Å²) < 4.78 is 10.9. The molecule has 1 aliphatic rings. The highest BCUT2D eigenvalue weighted by Crippen LogP contribution is 2.45. The normalized spacial score (nSPS) is 18.7. The van der Waals surface area contributed by atoms with Gasteiger partial charge in [0.1, 0.15) is 27.7 Å². The molecule has 2 atom stereocenters. The van der Waals surface area contributed by atoms with E-state index in [0.29, 0.717) is 21.4 Å². The summed E-state index contributed by atoms with van der Waals surface area (Å²) in [5.74, 6) is 0.375. The van der Waals surface area contributed by atoms with Crippen LogP contribution in [0.25, 0.3) is 0 Å². The first-order valence-electron chi connectivity index (χ1n) is 5.93. The van der Waals surface area contributed by atoms with Crippen molar-refractivity contribution in [1.82, 2.24) is 4.98 Å². The summed E-state index contributed by atoms with van der Waals surface area (Å²) in [6, 6.07) is 3.11. The lowest BCUT2D eigenvalue weighted by molar-refractivity contribution is -0.991. The largest absolute Gasteiger partial charge is 0.595 e. The molecule has 0 spiro atoms. The maximum atomic E-state index is 11.4. The summed E-state index contributed by atoms with van der Waals surface area (Å²) in [5.41, 5.74) is 0.520. The van der Waals surface area contributed by atoms with Crippen molar-refractivity contribution in [3.05, 3.63) is 48.8 Å². The van der Waals surface area contributed by atoms with Crippen LogP contribution in [0.2, 0.25) is 20.2 Å². The van der Waals surface area contributed by atoms with Gasteiger partial charge in [0.05, 0.1) is 5.02 Å². The van der Waals surface area contributed by atoms with Crippen molar-refractivity contribution in [2.24, 2.45) is 0 Å². The lowest BCUT2D eigenvalue weighted by Crippen LogP contribution is -2.99. The van der Waals surface area contributed by atoms with E-state index in [1.807, 2.05) is 0 Å². The van der Waals surface area contributed by atoms with Gasteiger partial charge in [0, 0.05) is 10.6 Å². The van der Waals surface area contributed by atoms with Gasteiger partial charge in [-0.2, -0.15) is 5.23 Å². The number of quaternary nitrogens is 1. The zero-order valence-electron chi connectivity index (χ0n) is 10.6. The third-order valence-corrected chi connectivity index (χ3v) is 4.42. The topological polar surface area (TPSA) is 82.0 Å². The molecule has 118 valence electrons. The van der Waals surface area contributed by atoms with Crippen LogP contribution in [-0.4, -0.2) is 17.0 Å². The van der Waals surface area contributed by atoms with E-state index in [4.69, 9.17) is 55.9 Å². The Balaban J connectivity index is 2.19. The van der Waals surface area contributed by atoms with E-state index in [-0.39, 0.29) is 28.3 Å². The number of H-pyrrole nitrogens is 1. The molecule has 3 rings (SSSR count). The van der Waals surface area contributed by atoms with Crippen LogP contribution in [0.5, 0.6) is 5.75 Å². The van der Waals surface area contributed by atoms with E-state index < -0.39 is 11.3 Å². The Bertz CT molecular complexity index is 734. The number of aromatic amines is 1. The number of fused-ring (bicyclic) bond motifs is 1. The highest BCUT2D eigenvalue weighted by molar-refractivity contribution is 6.43. The average molecular weight is 386 g/mol. The molecular formula is C12H8Cl4N2O4. The smallest absolute Gasteiger partial charge is 0.208 e. The van der Waals surface area contributed by atoms with Crippen molar-refractivity contribution in [2.45, 2.75) is 6.10 Å². The number of rotatable bonds is 2. The summed E-state index contributed by atoms with van der Waals surface area (Å²) >= 11 is 23.9. The van der Waals surface area contributed by atoms with Gasteiger partial charge in [-0.05, 0) is 12.1 Å². The van der Waals surface area contributed by atoms with E-state index in [9.17, 15) is 10.4 Å². The molecule has 3 N–H and O–H groups in total. The summed E-state index contributed by atoms with van der Waals surface area (Å²) in [6.45, 7) is -0.105. The first kappa shape index (κ1) is 16.2. The van der Waals surface area contributed by atoms with Gasteiger partial charge in [-0.1, -0.05) is 46.4 Å². The molecule has 1 aromatic heterocycles. The van der Waals surface area contributed by atoms with Crippen molar-refractivity contribution in [3.63, 3.8) is 0 Å². The fraction of sp³-hybridized carbons (Fsp3) is 0.167. The van der Waals surface area contributed by atoms with Crippen molar-refractivity contribution in [3.8, 4) is 5.75 Å². The van der Waals surface area contributed by atoms with Gasteiger partial charge in [0.25, 0.3) is 0 Å². The standard InChI is InChI=1S/C12H8Cl4N2O4/c13-4-1-5-10(6(14)2-4)21-3-22-11(5)8-9(18(19)20)7(15)12(16)17-8/h1-2,11,17-19H,3H2/t11-/m0/s1. The second-order valence-corrected chi connectivity index (χ2v) is 6.06. The highest BCUT2D eigenvalue weighted by atomic mass is 35.5. The number of hydrogen-bond acceptors (Lipinski definition) is 4. The lowest BCUT2D eigenvalue weighted by atomic mass is 10.0. The molecule has 0 bridgehead atoms. The van der Waals surface area contributed by atoms with Crippen molar-refractivity contribution < 1.29 is 19.9 Å². The van der Waals surface area contributed by atoms with Crippen LogP contribution in [0, 0.1) is 5.21 Å².